The van der Waals surface area contributed by atoms with Gasteiger partial charge in [-0.3, -0.25) is 0 Å². The second-order valence-corrected chi connectivity index (χ2v) is 8.27. The summed E-state index contributed by atoms with van der Waals surface area (Å²) in [5.41, 5.74) is 1.86. The zero-order valence-corrected chi connectivity index (χ0v) is 14.8. The largest absolute Gasteiger partial charge is 0.493 e. The number of methoxy groups -OCH3 is 1. The lowest BCUT2D eigenvalue weighted by atomic mass is 9.53. The number of hydrogen-bond acceptors (Lipinski definition) is 2. The van der Waals surface area contributed by atoms with Gasteiger partial charge in [0, 0.05) is 24.8 Å². The summed E-state index contributed by atoms with van der Waals surface area (Å²) >= 11 is 0. The molecule has 0 unspecified atom stereocenters. The first-order valence-corrected chi connectivity index (χ1v) is 9.45. The number of quaternary nitrogens is 1. The molecule has 3 heteroatoms. The Bertz CT molecular complexity index is 575. The van der Waals surface area contributed by atoms with E-state index in [1.165, 1.54) is 44.1 Å². The van der Waals surface area contributed by atoms with Crippen LogP contribution in [0.4, 0.5) is 0 Å². The molecule has 0 spiro atoms. The highest BCUT2D eigenvalue weighted by atomic mass is 16.5. The summed E-state index contributed by atoms with van der Waals surface area (Å²) in [4.78, 5) is 0. The van der Waals surface area contributed by atoms with E-state index in [-0.39, 0.29) is 0 Å². The van der Waals surface area contributed by atoms with E-state index in [2.05, 4.69) is 24.0 Å². The summed E-state index contributed by atoms with van der Waals surface area (Å²) in [6.07, 6.45) is 10.6. The molecule has 4 fully saturated rings. The molecule has 1 aromatic carbocycles. The fourth-order valence-electron chi connectivity index (χ4n) is 5.87. The molecule has 3 nitrogen and oxygen atoms in total. The third-order valence-corrected chi connectivity index (χ3v) is 6.44. The van der Waals surface area contributed by atoms with Gasteiger partial charge < -0.3 is 14.8 Å². The van der Waals surface area contributed by atoms with Crippen LogP contribution in [0.25, 0.3) is 0 Å². The molecule has 1 aromatic rings. The predicted molar refractivity (Wildman–Crippen MR) is 95.2 cm³/mol. The number of ether oxygens (including phenoxy) is 2. The minimum Gasteiger partial charge on any atom is -0.493 e. The number of hydrogen-bond donors (Lipinski definition) is 1. The van der Waals surface area contributed by atoms with Crippen LogP contribution in [-0.4, -0.2) is 19.3 Å². The fraction of sp³-hybridized carbons (Fsp3) is 0.619. The Morgan fingerprint density at radius 3 is 2.38 bits per heavy atom. The highest BCUT2D eigenvalue weighted by molar-refractivity contribution is 5.42. The molecule has 4 bridgehead atoms. The van der Waals surface area contributed by atoms with Crippen LogP contribution in [0.15, 0.2) is 30.9 Å². The zero-order chi connectivity index (χ0) is 16.6. The lowest BCUT2D eigenvalue weighted by Gasteiger charge is -2.54. The Balaban J connectivity index is 1.43. The Morgan fingerprint density at radius 2 is 1.79 bits per heavy atom. The number of nitrogens with two attached hydrogens (primary N) is 1. The van der Waals surface area contributed by atoms with Crippen molar-refractivity contribution in [2.75, 3.05) is 13.7 Å². The smallest absolute Gasteiger partial charge is 0.161 e. The average Bonchev–Trinajstić information content (AvgIpc) is 2.57. The molecule has 0 aromatic heterocycles. The van der Waals surface area contributed by atoms with Crippen molar-refractivity contribution in [3.63, 3.8) is 0 Å². The van der Waals surface area contributed by atoms with E-state index < -0.39 is 0 Å². The van der Waals surface area contributed by atoms with Gasteiger partial charge in [-0.2, -0.15) is 0 Å². The first kappa shape index (κ1) is 16.0. The molecule has 4 aliphatic carbocycles. The van der Waals surface area contributed by atoms with Crippen molar-refractivity contribution in [2.45, 2.75) is 50.6 Å². The van der Waals surface area contributed by atoms with Crippen molar-refractivity contribution in [3.05, 3.63) is 36.4 Å². The minimum absolute atomic E-state index is 0.509. The van der Waals surface area contributed by atoms with Gasteiger partial charge in [-0.1, -0.05) is 12.7 Å². The highest BCUT2D eigenvalue weighted by Gasteiger charge is 2.53. The molecule has 0 saturated heterocycles. The van der Waals surface area contributed by atoms with Gasteiger partial charge >= 0.3 is 0 Å². The van der Waals surface area contributed by atoms with Crippen molar-refractivity contribution < 1.29 is 14.8 Å². The molecule has 0 amide bonds. The van der Waals surface area contributed by atoms with Gasteiger partial charge in [0.1, 0.15) is 13.2 Å². The summed E-state index contributed by atoms with van der Waals surface area (Å²) < 4.78 is 11.2. The summed E-state index contributed by atoms with van der Waals surface area (Å²) in [6.45, 7) is 5.25. The van der Waals surface area contributed by atoms with Crippen LogP contribution in [0.2, 0.25) is 0 Å². The predicted octanol–water partition coefficient (Wildman–Crippen LogP) is 3.29. The van der Waals surface area contributed by atoms with Crippen LogP contribution in [-0.2, 0) is 6.54 Å². The SMILES string of the molecule is C=CCOc1ccc(C[NH2+]C23CC4CC(CC(C4)C2)C3)cc1OC. The monoisotopic (exact) mass is 328 g/mol. The summed E-state index contributed by atoms with van der Waals surface area (Å²) in [6, 6.07) is 6.35. The van der Waals surface area contributed by atoms with Gasteiger partial charge in [0.25, 0.3) is 0 Å². The molecule has 0 radical (unpaired) electrons. The van der Waals surface area contributed by atoms with E-state index in [1.807, 2.05) is 6.07 Å². The molecule has 2 N–H and O–H groups in total. The molecular formula is C21H30NO2+. The molecular weight excluding hydrogens is 298 g/mol. The lowest BCUT2D eigenvalue weighted by Crippen LogP contribution is -2.97. The number of rotatable bonds is 7. The van der Waals surface area contributed by atoms with Crippen molar-refractivity contribution in [1.29, 1.82) is 0 Å². The summed E-state index contributed by atoms with van der Waals surface area (Å²) in [5.74, 6) is 4.66. The van der Waals surface area contributed by atoms with Gasteiger partial charge in [-0.15, -0.1) is 0 Å². The molecule has 4 saturated carbocycles. The Hall–Kier alpha value is -1.48. The first-order valence-electron chi connectivity index (χ1n) is 9.45. The van der Waals surface area contributed by atoms with E-state index in [4.69, 9.17) is 9.47 Å². The van der Waals surface area contributed by atoms with Crippen molar-refractivity contribution in [3.8, 4) is 11.5 Å². The van der Waals surface area contributed by atoms with Gasteiger partial charge in [0.2, 0.25) is 0 Å². The maximum atomic E-state index is 5.66. The molecule has 5 rings (SSSR count). The summed E-state index contributed by atoms with van der Waals surface area (Å²) in [7, 11) is 1.71. The maximum absolute atomic E-state index is 5.66. The van der Waals surface area contributed by atoms with Crippen molar-refractivity contribution >= 4 is 0 Å². The van der Waals surface area contributed by atoms with Crippen molar-refractivity contribution in [1.82, 2.24) is 0 Å². The fourth-order valence-corrected chi connectivity index (χ4v) is 5.87. The molecule has 0 aliphatic heterocycles. The van der Waals surface area contributed by atoms with Crippen LogP contribution in [0.1, 0.15) is 44.1 Å². The lowest BCUT2D eigenvalue weighted by molar-refractivity contribution is -0.752. The van der Waals surface area contributed by atoms with E-state index in [0.29, 0.717) is 12.1 Å². The second kappa shape index (κ2) is 6.44. The Labute approximate surface area is 145 Å². The molecule has 0 heterocycles. The van der Waals surface area contributed by atoms with Gasteiger partial charge in [-0.05, 0) is 55.2 Å². The van der Waals surface area contributed by atoms with Gasteiger partial charge in [0.15, 0.2) is 11.5 Å². The van der Waals surface area contributed by atoms with E-state index in [9.17, 15) is 0 Å². The van der Waals surface area contributed by atoms with Crippen LogP contribution >= 0.6 is 0 Å². The average molecular weight is 328 g/mol. The van der Waals surface area contributed by atoms with Crippen LogP contribution in [0.5, 0.6) is 11.5 Å². The first-order chi connectivity index (χ1) is 11.7. The standard InChI is InChI=1S/C21H29NO2/c1-3-6-24-19-5-4-15(10-20(19)23-2)14-22-21-11-16-7-17(12-21)9-18(8-16)13-21/h3-5,10,16-18,22H,1,6-9,11-14H2,2H3/p+1. The highest BCUT2D eigenvalue weighted by Crippen LogP contribution is 2.54. The number of benzene rings is 1. The summed E-state index contributed by atoms with van der Waals surface area (Å²) in [5, 5.41) is 2.65. The Kier molecular flexibility index (Phi) is 4.29. The van der Waals surface area contributed by atoms with Crippen molar-refractivity contribution in [2.24, 2.45) is 17.8 Å². The molecule has 24 heavy (non-hydrogen) atoms. The zero-order valence-electron chi connectivity index (χ0n) is 14.8. The molecule has 0 atom stereocenters. The van der Waals surface area contributed by atoms with E-state index >= 15 is 0 Å². The topological polar surface area (TPSA) is 35.1 Å². The van der Waals surface area contributed by atoms with Crippen LogP contribution in [0, 0.1) is 17.8 Å². The van der Waals surface area contributed by atoms with Crippen LogP contribution < -0.4 is 14.8 Å². The van der Waals surface area contributed by atoms with Gasteiger partial charge in [-0.25, -0.2) is 0 Å². The maximum Gasteiger partial charge on any atom is 0.161 e. The second-order valence-electron chi connectivity index (χ2n) is 8.27. The molecule has 4 aliphatic rings. The third-order valence-electron chi connectivity index (χ3n) is 6.44. The minimum atomic E-state index is 0.509. The van der Waals surface area contributed by atoms with E-state index in [0.717, 1.165) is 35.8 Å². The quantitative estimate of drug-likeness (QED) is 0.780. The normalized spacial score (nSPS) is 33.5. The van der Waals surface area contributed by atoms with E-state index in [1.54, 1.807) is 13.2 Å². The van der Waals surface area contributed by atoms with Gasteiger partial charge in [0.05, 0.1) is 12.6 Å². The van der Waals surface area contributed by atoms with Crippen LogP contribution in [0.3, 0.4) is 0 Å². The molecule has 130 valence electrons. The third kappa shape index (κ3) is 3.06. The Morgan fingerprint density at radius 1 is 1.12 bits per heavy atom.